The lowest BCUT2D eigenvalue weighted by Gasteiger charge is -2.14. The van der Waals surface area contributed by atoms with Crippen molar-refractivity contribution in [2.24, 2.45) is 0 Å². The van der Waals surface area contributed by atoms with E-state index in [-0.39, 0.29) is 65.2 Å². The number of esters is 3. The number of nitrogens with one attached hydrogen (secondary N) is 2. The Balaban J connectivity index is 1.87. The van der Waals surface area contributed by atoms with Gasteiger partial charge in [-0.15, -0.1) is 0 Å². The molecule has 0 fully saturated rings. The van der Waals surface area contributed by atoms with Crippen LogP contribution in [0.1, 0.15) is 56.0 Å². The Hall–Kier alpha value is -5.79. The zero-order valence-electron chi connectivity index (χ0n) is 23.9. The van der Waals surface area contributed by atoms with E-state index in [1.807, 2.05) is 0 Å². The molecule has 0 aromatic heterocycles. The summed E-state index contributed by atoms with van der Waals surface area (Å²) in [5.74, 6) is -5.97. The van der Waals surface area contributed by atoms with E-state index in [1.165, 1.54) is 18.2 Å². The highest BCUT2D eigenvalue weighted by molar-refractivity contribution is 6.09. The summed E-state index contributed by atoms with van der Waals surface area (Å²) in [4.78, 5) is 61.8. The molecular weight excluding hydrogens is 580 g/mol. The fraction of sp³-hybridized carbons (Fsp3) is 0.233. The van der Waals surface area contributed by atoms with Crippen LogP contribution in [0.25, 0.3) is 0 Å². The molecule has 0 spiro atoms. The van der Waals surface area contributed by atoms with Crippen LogP contribution in [0.4, 0.5) is 11.4 Å². The van der Waals surface area contributed by atoms with E-state index in [4.69, 9.17) is 14.2 Å². The molecule has 0 aliphatic rings. The predicted octanol–water partition coefficient (Wildman–Crippen LogP) is 3.01. The Morgan fingerprint density at radius 2 is 1.02 bits per heavy atom. The molecule has 0 heterocycles. The minimum atomic E-state index is -0.917. The maximum atomic E-state index is 13.0. The van der Waals surface area contributed by atoms with Crippen LogP contribution in [-0.2, 0) is 36.6 Å². The van der Waals surface area contributed by atoms with Crippen LogP contribution < -0.4 is 10.6 Å². The summed E-state index contributed by atoms with van der Waals surface area (Å²) in [7, 11) is 1.11. The van der Waals surface area contributed by atoms with Gasteiger partial charge < -0.3 is 45.3 Å². The third-order valence-corrected chi connectivity index (χ3v) is 6.03. The number of phenols is 4. The van der Waals surface area contributed by atoms with Crippen molar-refractivity contribution in [3.63, 3.8) is 0 Å². The fourth-order valence-corrected chi connectivity index (χ4v) is 4.03. The number of phenolic OH excluding ortho intramolecular Hbond substituents is 4. The number of methoxy groups -OCH3 is 1. The Bertz CT molecular complexity index is 1510. The van der Waals surface area contributed by atoms with Crippen molar-refractivity contribution in [2.75, 3.05) is 31.0 Å². The molecule has 0 saturated heterocycles. The van der Waals surface area contributed by atoms with Crippen molar-refractivity contribution in [1.29, 1.82) is 0 Å². The molecule has 232 valence electrons. The molecule has 44 heavy (non-hydrogen) atoms. The SMILES string of the molecule is CCOC(=O)Cc1cc(O)c(C(=O)Nc2cc(NC(=O)c3cc(O)c(CC(=O)OCC)cc3O)cc(C(=O)OC)c2)cc1O. The largest absolute Gasteiger partial charge is 0.508 e. The van der Waals surface area contributed by atoms with Gasteiger partial charge in [-0.1, -0.05) is 0 Å². The quantitative estimate of drug-likeness (QED) is 0.105. The second kappa shape index (κ2) is 14.4. The highest BCUT2D eigenvalue weighted by atomic mass is 16.5. The van der Waals surface area contributed by atoms with E-state index in [1.54, 1.807) is 13.8 Å². The lowest BCUT2D eigenvalue weighted by molar-refractivity contribution is -0.143. The molecule has 3 aromatic carbocycles. The number of carbonyl (C=O) groups is 5. The molecule has 2 amide bonds. The monoisotopic (exact) mass is 610 g/mol. The number of anilines is 2. The molecule has 0 radical (unpaired) electrons. The second-order valence-electron chi connectivity index (χ2n) is 9.16. The van der Waals surface area contributed by atoms with Crippen molar-refractivity contribution in [3.05, 3.63) is 70.3 Å². The number of ether oxygens (including phenoxy) is 3. The summed E-state index contributed by atoms with van der Waals surface area (Å²) < 4.78 is 14.4. The zero-order chi connectivity index (χ0) is 32.6. The standard InChI is InChI=1S/C30H30N2O12/c1-4-43-26(37)10-15-8-24(35)20(13-22(15)33)28(39)31-18-6-17(30(41)42-3)7-19(12-18)32-29(40)21-14-23(34)16(9-25(21)36)11-27(38)44-5-2/h6-9,12-14,33-36H,4-5,10-11H2,1-3H3,(H,31,39)(H,32,40). The molecule has 6 N–H and O–H groups in total. The normalized spacial score (nSPS) is 10.4. The number of aromatic hydroxyl groups is 4. The Morgan fingerprint density at radius 1 is 0.614 bits per heavy atom. The van der Waals surface area contributed by atoms with Crippen LogP contribution in [0.3, 0.4) is 0 Å². The number of hydrogen-bond acceptors (Lipinski definition) is 12. The molecule has 0 atom stereocenters. The number of rotatable bonds is 11. The van der Waals surface area contributed by atoms with E-state index in [2.05, 4.69) is 10.6 Å². The highest BCUT2D eigenvalue weighted by Gasteiger charge is 2.21. The molecule has 0 bridgehead atoms. The van der Waals surface area contributed by atoms with Gasteiger partial charge in [0, 0.05) is 22.5 Å². The second-order valence-corrected chi connectivity index (χ2v) is 9.16. The highest BCUT2D eigenvalue weighted by Crippen LogP contribution is 2.31. The number of hydrogen-bond donors (Lipinski definition) is 6. The van der Waals surface area contributed by atoms with Crippen molar-refractivity contribution >= 4 is 41.1 Å². The van der Waals surface area contributed by atoms with Gasteiger partial charge in [-0.3, -0.25) is 19.2 Å². The number of carbonyl (C=O) groups excluding carboxylic acids is 5. The van der Waals surface area contributed by atoms with E-state index in [9.17, 15) is 44.4 Å². The summed E-state index contributed by atoms with van der Waals surface area (Å²) in [6, 6.07) is 7.67. The van der Waals surface area contributed by atoms with Gasteiger partial charge in [0.15, 0.2) is 0 Å². The number of amides is 2. The molecule has 3 aromatic rings. The van der Waals surface area contributed by atoms with Gasteiger partial charge in [0.1, 0.15) is 23.0 Å². The first kappa shape index (κ1) is 32.7. The van der Waals surface area contributed by atoms with Gasteiger partial charge in [0.25, 0.3) is 11.8 Å². The van der Waals surface area contributed by atoms with E-state index < -0.39 is 52.7 Å². The van der Waals surface area contributed by atoms with Gasteiger partial charge in [-0.25, -0.2) is 4.79 Å². The van der Waals surface area contributed by atoms with Crippen LogP contribution in [-0.4, -0.2) is 70.5 Å². The smallest absolute Gasteiger partial charge is 0.337 e. The van der Waals surface area contributed by atoms with Gasteiger partial charge in [-0.2, -0.15) is 0 Å². The van der Waals surface area contributed by atoms with Crippen molar-refractivity contribution in [1.82, 2.24) is 0 Å². The van der Waals surface area contributed by atoms with Gasteiger partial charge in [-0.05, 0) is 56.3 Å². The lowest BCUT2D eigenvalue weighted by atomic mass is 10.0. The minimum Gasteiger partial charge on any atom is -0.508 e. The van der Waals surface area contributed by atoms with E-state index >= 15 is 0 Å². The zero-order valence-corrected chi connectivity index (χ0v) is 23.9. The molecule has 0 saturated carbocycles. The van der Waals surface area contributed by atoms with E-state index in [0.29, 0.717) is 0 Å². The summed E-state index contributed by atoms with van der Waals surface area (Å²) >= 11 is 0. The minimum absolute atomic E-state index is 0.0263. The Labute approximate surface area is 250 Å². The summed E-state index contributed by atoms with van der Waals surface area (Å²) in [6.07, 6.45) is -0.693. The molecule has 3 rings (SSSR count). The lowest BCUT2D eigenvalue weighted by Crippen LogP contribution is -2.16. The van der Waals surface area contributed by atoms with Crippen LogP contribution in [0.2, 0.25) is 0 Å². The van der Waals surface area contributed by atoms with Crippen LogP contribution in [0, 0.1) is 0 Å². The summed E-state index contributed by atoms with van der Waals surface area (Å²) in [5, 5.41) is 46.3. The van der Waals surface area contributed by atoms with Crippen LogP contribution >= 0.6 is 0 Å². The molecule has 0 unspecified atom stereocenters. The summed E-state index contributed by atoms with van der Waals surface area (Å²) in [5.41, 5.74) is -0.870. The average Bonchev–Trinajstić information content (AvgIpc) is 2.96. The van der Waals surface area contributed by atoms with Crippen LogP contribution in [0.5, 0.6) is 23.0 Å². The Kier molecular flexibility index (Phi) is 10.7. The molecule has 0 aliphatic heterocycles. The third kappa shape index (κ3) is 8.15. The first-order chi connectivity index (χ1) is 20.9. The first-order valence-corrected chi connectivity index (χ1v) is 13.1. The molecule has 0 aliphatic carbocycles. The first-order valence-electron chi connectivity index (χ1n) is 13.1. The molecular formula is C30H30N2O12. The fourth-order valence-electron chi connectivity index (χ4n) is 4.03. The third-order valence-electron chi connectivity index (χ3n) is 6.03. The topological polar surface area (TPSA) is 218 Å². The van der Waals surface area contributed by atoms with Crippen molar-refractivity contribution in [2.45, 2.75) is 26.7 Å². The van der Waals surface area contributed by atoms with Crippen LogP contribution in [0.15, 0.2) is 42.5 Å². The predicted molar refractivity (Wildman–Crippen MR) is 154 cm³/mol. The van der Waals surface area contributed by atoms with Gasteiger partial charge in [0.05, 0.1) is 49.9 Å². The number of benzene rings is 3. The average molecular weight is 611 g/mol. The van der Waals surface area contributed by atoms with Crippen molar-refractivity contribution in [3.8, 4) is 23.0 Å². The van der Waals surface area contributed by atoms with Gasteiger partial charge >= 0.3 is 17.9 Å². The Morgan fingerprint density at radius 3 is 1.39 bits per heavy atom. The van der Waals surface area contributed by atoms with Gasteiger partial charge in [0.2, 0.25) is 0 Å². The molecule has 14 heteroatoms. The van der Waals surface area contributed by atoms with E-state index in [0.717, 1.165) is 31.4 Å². The van der Waals surface area contributed by atoms with Crippen molar-refractivity contribution < 1.29 is 58.6 Å². The summed E-state index contributed by atoms with van der Waals surface area (Å²) in [6.45, 7) is 3.45. The maximum absolute atomic E-state index is 13.0. The molecule has 14 nitrogen and oxygen atoms in total. The maximum Gasteiger partial charge on any atom is 0.337 e.